The van der Waals surface area contributed by atoms with E-state index >= 15 is 0 Å². The Morgan fingerprint density at radius 3 is 2.41 bits per heavy atom. The first kappa shape index (κ1) is 13.6. The summed E-state index contributed by atoms with van der Waals surface area (Å²) in [4.78, 5) is 37.5. The number of ketones is 1. The molecule has 6 nitrogen and oxygen atoms in total. The van der Waals surface area contributed by atoms with Crippen molar-refractivity contribution in [2.75, 3.05) is 39.9 Å². The van der Waals surface area contributed by atoms with E-state index in [2.05, 4.69) is 4.74 Å². The molecular weight excluding hydrogens is 224 g/mol. The van der Waals surface area contributed by atoms with Crippen LogP contribution in [0.15, 0.2) is 0 Å². The summed E-state index contributed by atoms with van der Waals surface area (Å²) in [5, 5.41) is 0. The van der Waals surface area contributed by atoms with Gasteiger partial charge in [-0.3, -0.25) is 14.4 Å². The number of rotatable bonds is 6. The minimum atomic E-state index is -0.197. The van der Waals surface area contributed by atoms with Crippen LogP contribution in [0.25, 0.3) is 0 Å². The van der Waals surface area contributed by atoms with E-state index in [0.717, 1.165) is 6.42 Å². The normalized spacial score (nSPS) is 16.6. The monoisotopic (exact) mass is 242 g/mol. The number of nitrogens with zero attached hydrogens (tertiary/aromatic N) is 2. The van der Waals surface area contributed by atoms with Gasteiger partial charge in [0.25, 0.3) is 0 Å². The van der Waals surface area contributed by atoms with Crippen molar-refractivity contribution >= 4 is 17.6 Å². The first-order chi connectivity index (χ1) is 8.08. The Kier molecular flexibility index (Phi) is 5.09. The molecule has 2 amide bonds. The van der Waals surface area contributed by atoms with E-state index in [1.807, 2.05) is 6.92 Å². The molecule has 1 heterocycles. The van der Waals surface area contributed by atoms with Crippen molar-refractivity contribution in [3.05, 3.63) is 0 Å². The number of carbonyl (C=O) groups excluding carboxylic acids is 3. The summed E-state index contributed by atoms with van der Waals surface area (Å²) < 4.78 is 4.68. The number of Topliss-reactive ketones (excluding diaryl/α,β-unsaturated/α-hetero) is 1. The van der Waals surface area contributed by atoms with Crippen molar-refractivity contribution < 1.29 is 19.1 Å². The fraction of sp³-hybridized carbons (Fsp3) is 0.727. The molecule has 1 saturated heterocycles. The van der Waals surface area contributed by atoms with Crippen LogP contribution in [0.5, 0.6) is 0 Å². The van der Waals surface area contributed by atoms with Gasteiger partial charge in [-0.05, 0) is 6.42 Å². The lowest BCUT2D eigenvalue weighted by molar-refractivity contribution is -0.151. The first-order valence-electron chi connectivity index (χ1n) is 5.64. The highest BCUT2D eigenvalue weighted by molar-refractivity contribution is 5.95. The van der Waals surface area contributed by atoms with E-state index in [1.54, 1.807) is 0 Å². The molecule has 0 spiro atoms. The van der Waals surface area contributed by atoms with Gasteiger partial charge in [0, 0.05) is 13.7 Å². The molecule has 0 aliphatic carbocycles. The predicted octanol–water partition coefficient (Wildman–Crippen LogP) is -0.717. The molecule has 0 aromatic carbocycles. The van der Waals surface area contributed by atoms with Gasteiger partial charge in [-0.25, -0.2) is 0 Å². The molecule has 1 aliphatic heterocycles. The largest absolute Gasteiger partial charge is 0.377 e. The zero-order valence-electron chi connectivity index (χ0n) is 10.3. The third-order valence-electron chi connectivity index (χ3n) is 2.52. The molecule has 1 aliphatic rings. The molecule has 17 heavy (non-hydrogen) atoms. The molecule has 0 bridgehead atoms. The molecule has 96 valence electrons. The van der Waals surface area contributed by atoms with Crippen molar-refractivity contribution in [3.8, 4) is 0 Å². The second-order valence-corrected chi connectivity index (χ2v) is 4.04. The molecular formula is C11H18N2O4. The minimum Gasteiger partial charge on any atom is -0.377 e. The summed E-state index contributed by atoms with van der Waals surface area (Å²) in [6.45, 7) is 2.53. The van der Waals surface area contributed by atoms with E-state index in [1.165, 1.54) is 16.9 Å². The quantitative estimate of drug-likeness (QED) is 0.616. The van der Waals surface area contributed by atoms with Gasteiger partial charge in [-0.15, -0.1) is 0 Å². The van der Waals surface area contributed by atoms with E-state index in [-0.39, 0.29) is 43.8 Å². The fourth-order valence-electron chi connectivity index (χ4n) is 1.74. The fourth-order valence-corrected chi connectivity index (χ4v) is 1.74. The molecule has 1 fully saturated rings. The van der Waals surface area contributed by atoms with Crippen LogP contribution >= 0.6 is 0 Å². The molecule has 0 unspecified atom stereocenters. The zero-order valence-corrected chi connectivity index (χ0v) is 10.3. The molecule has 6 heteroatoms. The molecule has 0 atom stereocenters. The van der Waals surface area contributed by atoms with Gasteiger partial charge in [0.2, 0.25) is 11.8 Å². The first-order valence-corrected chi connectivity index (χ1v) is 5.64. The summed E-state index contributed by atoms with van der Waals surface area (Å²) in [6, 6.07) is 0. The summed E-state index contributed by atoms with van der Waals surface area (Å²) in [5.41, 5.74) is 0. The van der Waals surface area contributed by atoms with Gasteiger partial charge in [0.15, 0.2) is 5.78 Å². The maximum Gasteiger partial charge on any atom is 0.243 e. The third-order valence-corrected chi connectivity index (χ3v) is 2.52. The predicted molar refractivity (Wildman–Crippen MR) is 60.3 cm³/mol. The number of methoxy groups -OCH3 is 1. The Morgan fingerprint density at radius 2 is 1.82 bits per heavy atom. The van der Waals surface area contributed by atoms with Gasteiger partial charge in [0.1, 0.15) is 13.2 Å². The van der Waals surface area contributed by atoms with Crippen LogP contribution in [0, 0.1) is 0 Å². The van der Waals surface area contributed by atoms with Crippen LogP contribution in [-0.4, -0.2) is 67.3 Å². The molecule has 0 radical (unpaired) electrons. The van der Waals surface area contributed by atoms with Crippen LogP contribution < -0.4 is 0 Å². The van der Waals surface area contributed by atoms with Crippen molar-refractivity contribution in [3.63, 3.8) is 0 Å². The van der Waals surface area contributed by atoms with Gasteiger partial charge in [0.05, 0.1) is 13.1 Å². The average Bonchev–Trinajstić information content (AvgIpc) is 2.26. The van der Waals surface area contributed by atoms with Crippen LogP contribution in [0.4, 0.5) is 0 Å². The Bertz CT molecular complexity index is 317. The van der Waals surface area contributed by atoms with Crippen LogP contribution in [0.2, 0.25) is 0 Å². The number of piperazine rings is 1. The highest BCUT2D eigenvalue weighted by atomic mass is 16.5. The maximum atomic E-state index is 11.7. The molecule has 0 aromatic rings. The standard InChI is InChI=1S/C11H18N2O4/c1-3-4-12-6-11(16)13(7-10(12)15)5-9(14)8-17-2/h3-8H2,1-2H3. The maximum absolute atomic E-state index is 11.7. The Balaban J connectivity index is 2.52. The van der Waals surface area contributed by atoms with E-state index in [0.29, 0.717) is 6.54 Å². The number of ether oxygens (including phenoxy) is 1. The number of hydrogen-bond acceptors (Lipinski definition) is 4. The lowest BCUT2D eigenvalue weighted by atomic mass is 10.2. The van der Waals surface area contributed by atoms with Gasteiger partial charge < -0.3 is 14.5 Å². The number of carbonyl (C=O) groups is 3. The number of hydrogen-bond donors (Lipinski definition) is 0. The van der Waals surface area contributed by atoms with Gasteiger partial charge >= 0.3 is 0 Å². The zero-order chi connectivity index (χ0) is 12.8. The second kappa shape index (κ2) is 6.34. The highest BCUT2D eigenvalue weighted by Gasteiger charge is 2.30. The molecule has 1 rings (SSSR count). The Labute approximate surface area is 101 Å². The average molecular weight is 242 g/mol. The lowest BCUT2D eigenvalue weighted by Crippen LogP contribution is -2.55. The van der Waals surface area contributed by atoms with Crippen LogP contribution in [0.3, 0.4) is 0 Å². The Morgan fingerprint density at radius 1 is 1.24 bits per heavy atom. The topological polar surface area (TPSA) is 66.9 Å². The molecule has 0 aromatic heterocycles. The molecule has 0 saturated carbocycles. The second-order valence-electron chi connectivity index (χ2n) is 4.04. The molecule has 0 N–H and O–H groups in total. The highest BCUT2D eigenvalue weighted by Crippen LogP contribution is 2.05. The van der Waals surface area contributed by atoms with E-state index in [4.69, 9.17) is 0 Å². The number of amides is 2. The smallest absolute Gasteiger partial charge is 0.243 e. The van der Waals surface area contributed by atoms with E-state index in [9.17, 15) is 14.4 Å². The SMILES string of the molecule is CCCN1CC(=O)N(CC(=O)COC)CC1=O. The Hall–Kier alpha value is -1.43. The van der Waals surface area contributed by atoms with Gasteiger partial charge in [-0.1, -0.05) is 6.92 Å². The van der Waals surface area contributed by atoms with Crippen molar-refractivity contribution in [1.82, 2.24) is 9.80 Å². The summed E-state index contributed by atoms with van der Waals surface area (Å²) >= 11 is 0. The van der Waals surface area contributed by atoms with Crippen molar-refractivity contribution in [2.45, 2.75) is 13.3 Å². The van der Waals surface area contributed by atoms with E-state index < -0.39 is 0 Å². The summed E-state index contributed by atoms with van der Waals surface area (Å²) in [6.07, 6.45) is 0.821. The summed E-state index contributed by atoms with van der Waals surface area (Å²) in [5.74, 6) is -0.475. The van der Waals surface area contributed by atoms with Crippen LogP contribution in [0.1, 0.15) is 13.3 Å². The van der Waals surface area contributed by atoms with Crippen molar-refractivity contribution in [2.24, 2.45) is 0 Å². The summed E-state index contributed by atoms with van der Waals surface area (Å²) in [7, 11) is 1.42. The van der Waals surface area contributed by atoms with Crippen LogP contribution in [-0.2, 0) is 19.1 Å². The lowest BCUT2D eigenvalue weighted by Gasteiger charge is -2.33. The van der Waals surface area contributed by atoms with Gasteiger partial charge in [-0.2, -0.15) is 0 Å². The van der Waals surface area contributed by atoms with Crippen molar-refractivity contribution in [1.29, 1.82) is 0 Å². The minimum absolute atomic E-state index is 0.00567. The third kappa shape index (κ3) is 3.81.